The van der Waals surface area contributed by atoms with E-state index in [1.165, 1.54) is 7.11 Å². The summed E-state index contributed by atoms with van der Waals surface area (Å²) in [6, 6.07) is 4.11. The van der Waals surface area contributed by atoms with Crippen LogP contribution in [0.1, 0.15) is 49.4 Å². The number of carbonyl (C=O) groups is 2. The van der Waals surface area contributed by atoms with Gasteiger partial charge in [-0.25, -0.2) is 9.18 Å². The van der Waals surface area contributed by atoms with Crippen LogP contribution in [0.15, 0.2) is 12.1 Å². The summed E-state index contributed by atoms with van der Waals surface area (Å²) in [5, 5.41) is 18.3. The van der Waals surface area contributed by atoms with Gasteiger partial charge in [0.05, 0.1) is 37.7 Å². The van der Waals surface area contributed by atoms with E-state index in [0.29, 0.717) is 25.7 Å². The molecule has 1 saturated carbocycles. The van der Waals surface area contributed by atoms with E-state index in [9.17, 15) is 19.1 Å². The summed E-state index contributed by atoms with van der Waals surface area (Å²) in [5.41, 5.74) is -1.06. The number of nitriles is 1. The van der Waals surface area contributed by atoms with Crippen molar-refractivity contribution < 1.29 is 33.3 Å². The van der Waals surface area contributed by atoms with E-state index in [1.807, 2.05) is 6.07 Å². The molecule has 8 heteroatoms. The number of nitrogens with zero attached hydrogens (tertiary/aromatic N) is 1. The Morgan fingerprint density at radius 3 is 2.52 bits per heavy atom. The third-order valence-electron chi connectivity index (χ3n) is 4.79. The fraction of sp³-hybridized carbons (Fsp3) is 0.526. The zero-order valence-electron chi connectivity index (χ0n) is 15.3. The molecule has 0 atom stereocenters. The van der Waals surface area contributed by atoms with Crippen molar-refractivity contribution in [3.8, 4) is 17.6 Å². The van der Waals surface area contributed by atoms with Gasteiger partial charge in [0.2, 0.25) is 0 Å². The van der Waals surface area contributed by atoms with Crippen LogP contribution in [0.25, 0.3) is 0 Å². The predicted octanol–water partition coefficient (Wildman–Crippen LogP) is 3.32. The highest BCUT2D eigenvalue weighted by atomic mass is 19.1. The molecule has 0 saturated heterocycles. The molecule has 0 spiro atoms. The Labute approximate surface area is 156 Å². The molecule has 1 fully saturated rings. The number of methoxy groups -OCH3 is 1. The largest absolute Gasteiger partial charge is 0.496 e. The maximum absolute atomic E-state index is 14.2. The highest BCUT2D eigenvalue weighted by molar-refractivity contribution is 5.91. The van der Waals surface area contributed by atoms with E-state index in [-0.39, 0.29) is 30.1 Å². The smallest absolute Gasteiger partial charge is 0.339 e. The molecular formula is C19H22FNO6. The second kappa shape index (κ2) is 8.71. The first-order chi connectivity index (χ1) is 12.9. The minimum Gasteiger partial charge on any atom is -0.496 e. The standard InChI is InChI=1S/C19H22FNO6/c1-3-26-18(24)19(8-9-21)6-4-12(5-7-19)27-16-10-13(17(22)23)15(25-2)11-14(16)20/h10-12H,3-8H2,1-2H3,(H,22,23). The number of rotatable bonds is 7. The van der Waals surface area contributed by atoms with E-state index in [4.69, 9.17) is 19.5 Å². The van der Waals surface area contributed by atoms with Crippen LogP contribution in [-0.4, -0.2) is 36.9 Å². The van der Waals surface area contributed by atoms with Gasteiger partial charge >= 0.3 is 11.9 Å². The Kier molecular flexibility index (Phi) is 6.61. The van der Waals surface area contributed by atoms with E-state index in [2.05, 4.69) is 0 Å². The molecule has 7 nitrogen and oxygen atoms in total. The molecule has 0 heterocycles. The summed E-state index contributed by atoms with van der Waals surface area (Å²) in [7, 11) is 1.26. The van der Waals surface area contributed by atoms with E-state index >= 15 is 0 Å². The van der Waals surface area contributed by atoms with Gasteiger partial charge in [0, 0.05) is 12.1 Å². The summed E-state index contributed by atoms with van der Waals surface area (Å²) in [6.07, 6.45) is 1.28. The van der Waals surface area contributed by atoms with Crippen LogP contribution < -0.4 is 9.47 Å². The van der Waals surface area contributed by atoms with Gasteiger partial charge in [-0.3, -0.25) is 4.79 Å². The van der Waals surface area contributed by atoms with Crippen LogP contribution in [-0.2, 0) is 9.53 Å². The Morgan fingerprint density at radius 2 is 2.00 bits per heavy atom. The lowest BCUT2D eigenvalue weighted by atomic mass is 9.71. The molecule has 0 unspecified atom stereocenters. The maximum atomic E-state index is 14.2. The highest BCUT2D eigenvalue weighted by Crippen LogP contribution is 2.42. The number of ether oxygens (including phenoxy) is 3. The van der Waals surface area contributed by atoms with Crippen LogP contribution in [0.2, 0.25) is 0 Å². The first-order valence-corrected chi connectivity index (χ1v) is 8.68. The van der Waals surface area contributed by atoms with Gasteiger partial charge in [-0.05, 0) is 32.6 Å². The number of aromatic carboxylic acids is 1. The molecule has 2 rings (SSSR count). The van der Waals surface area contributed by atoms with Crippen LogP contribution in [0.4, 0.5) is 4.39 Å². The molecular weight excluding hydrogens is 357 g/mol. The number of carboxylic acids is 1. The van der Waals surface area contributed by atoms with Gasteiger partial charge < -0.3 is 19.3 Å². The van der Waals surface area contributed by atoms with Crippen LogP contribution in [0.5, 0.6) is 11.5 Å². The van der Waals surface area contributed by atoms with Gasteiger partial charge in [0.15, 0.2) is 11.6 Å². The molecule has 1 aromatic carbocycles. The number of esters is 1. The van der Waals surface area contributed by atoms with Crippen molar-refractivity contribution in [3.63, 3.8) is 0 Å². The number of hydrogen-bond donors (Lipinski definition) is 1. The quantitative estimate of drug-likeness (QED) is 0.724. The van der Waals surface area contributed by atoms with Gasteiger partial charge in [-0.15, -0.1) is 0 Å². The second-order valence-corrected chi connectivity index (χ2v) is 6.44. The molecule has 1 aromatic rings. The molecule has 146 valence electrons. The normalized spacial score (nSPS) is 21.8. The van der Waals surface area contributed by atoms with Crippen LogP contribution in [0.3, 0.4) is 0 Å². The summed E-state index contributed by atoms with van der Waals surface area (Å²) in [4.78, 5) is 23.6. The molecule has 0 amide bonds. The topological polar surface area (TPSA) is 106 Å². The SMILES string of the molecule is CCOC(=O)C1(CC#N)CCC(Oc2cc(C(=O)O)c(OC)cc2F)CC1. The molecule has 0 radical (unpaired) electrons. The van der Waals surface area contributed by atoms with Crippen LogP contribution in [0, 0.1) is 22.6 Å². The highest BCUT2D eigenvalue weighted by Gasteiger charge is 2.43. The van der Waals surface area contributed by atoms with Crippen LogP contribution >= 0.6 is 0 Å². The van der Waals surface area contributed by atoms with Crippen molar-refractivity contribution in [3.05, 3.63) is 23.5 Å². The minimum atomic E-state index is -1.25. The fourth-order valence-corrected chi connectivity index (χ4v) is 3.29. The molecule has 1 N–H and O–H groups in total. The zero-order valence-corrected chi connectivity index (χ0v) is 15.3. The molecule has 0 aliphatic heterocycles. The lowest BCUT2D eigenvalue weighted by molar-refractivity contribution is -0.158. The van der Waals surface area contributed by atoms with Crippen molar-refractivity contribution in [2.45, 2.75) is 45.1 Å². The summed E-state index contributed by atoms with van der Waals surface area (Å²) < 4.78 is 29.9. The van der Waals surface area contributed by atoms with Crippen molar-refractivity contribution in [2.24, 2.45) is 5.41 Å². The Hall–Kier alpha value is -2.82. The van der Waals surface area contributed by atoms with Crippen molar-refractivity contribution in [2.75, 3.05) is 13.7 Å². The molecule has 27 heavy (non-hydrogen) atoms. The van der Waals surface area contributed by atoms with Gasteiger partial charge in [0.25, 0.3) is 0 Å². The first-order valence-electron chi connectivity index (χ1n) is 8.68. The molecule has 0 aromatic heterocycles. The van der Waals surface area contributed by atoms with E-state index in [0.717, 1.165) is 12.1 Å². The second-order valence-electron chi connectivity index (χ2n) is 6.44. The van der Waals surface area contributed by atoms with Crippen molar-refractivity contribution in [1.82, 2.24) is 0 Å². The molecule has 1 aliphatic carbocycles. The molecule has 1 aliphatic rings. The van der Waals surface area contributed by atoms with Crippen molar-refractivity contribution >= 4 is 11.9 Å². The Balaban J connectivity index is 2.13. The number of hydrogen-bond acceptors (Lipinski definition) is 6. The van der Waals surface area contributed by atoms with E-state index < -0.39 is 29.3 Å². The summed E-state index contributed by atoms with van der Waals surface area (Å²) in [5.74, 6) is -2.64. The lowest BCUT2D eigenvalue weighted by Crippen LogP contribution is -2.39. The fourth-order valence-electron chi connectivity index (χ4n) is 3.29. The maximum Gasteiger partial charge on any atom is 0.339 e. The zero-order chi connectivity index (χ0) is 20.0. The third kappa shape index (κ3) is 4.48. The van der Waals surface area contributed by atoms with Gasteiger partial charge in [0.1, 0.15) is 11.3 Å². The lowest BCUT2D eigenvalue weighted by Gasteiger charge is -2.36. The third-order valence-corrected chi connectivity index (χ3v) is 4.79. The van der Waals surface area contributed by atoms with Gasteiger partial charge in [-0.1, -0.05) is 0 Å². The predicted molar refractivity (Wildman–Crippen MR) is 92.1 cm³/mol. The first kappa shape index (κ1) is 20.5. The number of halogens is 1. The summed E-state index contributed by atoms with van der Waals surface area (Å²) in [6.45, 7) is 1.94. The number of carbonyl (C=O) groups excluding carboxylic acids is 1. The minimum absolute atomic E-state index is 0.0542. The molecule has 0 bridgehead atoms. The Bertz CT molecular complexity index is 749. The number of carboxylic acid groups (broad SMARTS) is 1. The van der Waals surface area contributed by atoms with Crippen molar-refractivity contribution in [1.29, 1.82) is 5.26 Å². The summed E-state index contributed by atoms with van der Waals surface area (Å²) >= 11 is 0. The van der Waals surface area contributed by atoms with E-state index in [1.54, 1.807) is 6.92 Å². The number of benzene rings is 1. The van der Waals surface area contributed by atoms with Gasteiger partial charge in [-0.2, -0.15) is 5.26 Å². The average molecular weight is 379 g/mol. The Morgan fingerprint density at radius 1 is 1.33 bits per heavy atom. The average Bonchev–Trinajstić information content (AvgIpc) is 2.64. The monoisotopic (exact) mass is 379 g/mol.